The molecule has 1 aliphatic heterocycles. The summed E-state index contributed by atoms with van der Waals surface area (Å²) in [7, 11) is 0. The van der Waals surface area contributed by atoms with E-state index in [4.69, 9.17) is 9.47 Å². The average molecular weight is 373 g/mol. The van der Waals surface area contributed by atoms with E-state index in [-0.39, 0.29) is 29.0 Å². The van der Waals surface area contributed by atoms with E-state index in [2.05, 4.69) is 37.9 Å². The van der Waals surface area contributed by atoms with E-state index < -0.39 is 11.6 Å². The molecule has 27 heavy (non-hydrogen) atoms. The number of benzene rings is 2. The second-order valence-electron chi connectivity index (χ2n) is 7.83. The van der Waals surface area contributed by atoms with Crippen molar-refractivity contribution in [3.05, 3.63) is 65.2 Å². The highest BCUT2D eigenvalue weighted by Gasteiger charge is 2.27. The van der Waals surface area contributed by atoms with Crippen LogP contribution in [0.3, 0.4) is 0 Å². The van der Waals surface area contributed by atoms with Gasteiger partial charge in [-0.2, -0.15) is 0 Å². The van der Waals surface area contributed by atoms with Crippen molar-refractivity contribution in [2.45, 2.75) is 51.7 Å². The maximum atomic E-state index is 14.0. The second kappa shape index (κ2) is 7.67. The van der Waals surface area contributed by atoms with Gasteiger partial charge in [-0.1, -0.05) is 39.0 Å². The lowest BCUT2D eigenvalue weighted by atomic mass is 9.87. The Morgan fingerprint density at radius 2 is 1.70 bits per heavy atom. The molecule has 5 heteroatoms. The van der Waals surface area contributed by atoms with Crippen molar-refractivity contribution in [1.82, 2.24) is 0 Å². The highest BCUT2D eigenvalue weighted by Crippen LogP contribution is 2.26. The molecule has 0 fully saturated rings. The third-order valence-corrected chi connectivity index (χ3v) is 4.70. The van der Waals surface area contributed by atoms with E-state index in [9.17, 15) is 8.78 Å². The molecule has 0 N–H and O–H groups in total. The Bertz CT molecular complexity index is 805. The Balaban J connectivity index is 1.76. The molecule has 1 heterocycles. The molecule has 0 aliphatic carbocycles. The van der Waals surface area contributed by atoms with Crippen molar-refractivity contribution < 1.29 is 18.3 Å². The quantitative estimate of drug-likeness (QED) is 0.731. The summed E-state index contributed by atoms with van der Waals surface area (Å²) in [6.45, 7) is 8.73. The molecule has 2 aromatic carbocycles. The van der Waals surface area contributed by atoms with Gasteiger partial charge in [-0.3, -0.25) is 0 Å². The summed E-state index contributed by atoms with van der Waals surface area (Å²) >= 11 is 0. The number of hydrogen-bond acceptors (Lipinski definition) is 3. The topological polar surface area (TPSA) is 30.8 Å². The number of halogens is 2. The predicted molar refractivity (Wildman–Crippen MR) is 102 cm³/mol. The molecule has 3 rings (SSSR count). The fraction of sp³-hybridized carbons (Fsp3) is 0.409. The van der Waals surface area contributed by atoms with Gasteiger partial charge in [0.2, 0.25) is 5.90 Å². The molecule has 0 spiro atoms. The van der Waals surface area contributed by atoms with Crippen molar-refractivity contribution >= 4 is 5.90 Å². The average Bonchev–Trinajstić information content (AvgIpc) is 2.61. The van der Waals surface area contributed by atoms with Gasteiger partial charge in [-0.05, 0) is 42.2 Å². The zero-order valence-corrected chi connectivity index (χ0v) is 16.1. The summed E-state index contributed by atoms with van der Waals surface area (Å²) in [5, 5.41) is 0. The first-order valence-corrected chi connectivity index (χ1v) is 9.18. The van der Waals surface area contributed by atoms with E-state index in [0.29, 0.717) is 13.0 Å². The van der Waals surface area contributed by atoms with Crippen LogP contribution in [0.25, 0.3) is 0 Å². The fourth-order valence-corrected chi connectivity index (χ4v) is 3.03. The van der Waals surface area contributed by atoms with Crippen LogP contribution in [0.5, 0.6) is 5.75 Å². The summed E-state index contributed by atoms with van der Waals surface area (Å²) in [4.78, 5) is 4.42. The number of aliphatic imine (C=N–C) groups is 1. The highest BCUT2D eigenvalue weighted by molar-refractivity contribution is 5.95. The molecule has 0 saturated carbocycles. The number of nitrogens with zero attached hydrogens (tertiary/aromatic N) is 1. The van der Waals surface area contributed by atoms with Gasteiger partial charge >= 0.3 is 0 Å². The second-order valence-corrected chi connectivity index (χ2v) is 7.83. The fourth-order valence-electron chi connectivity index (χ4n) is 3.03. The first-order valence-electron chi connectivity index (χ1n) is 9.18. The van der Waals surface area contributed by atoms with Gasteiger partial charge in [0.25, 0.3) is 0 Å². The SMILES string of the molecule is CC(Oc1ccc(C(C)(C)C)cc1)C1CCOC(c2c(F)cccc2F)=N1. The van der Waals surface area contributed by atoms with E-state index in [0.717, 1.165) is 5.75 Å². The minimum Gasteiger partial charge on any atom is -0.488 e. The normalized spacial score (nSPS) is 18.4. The molecule has 2 unspecified atom stereocenters. The molecule has 3 nitrogen and oxygen atoms in total. The summed E-state index contributed by atoms with van der Waals surface area (Å²) in [5.41, 5.74) is 1.08. The molecule has 144 valence electrons. The van der Waals surface area contributed by atoms with Gasteiger partial charge < -0.3 is 9.47 Å². The first kappa shape index (κ1) is 19.3. The molecular weight excluding hydrogens is 348 g/mol. The molecule has 0 amide bonds. The minimum absolute atomic E-state index is 0.000352. The van der Waals surface area contributed by atoms with Crippen LogP contribution in [0, 0.1) is 11.6 Å². The summed E-state index contributed by atoms with van der Waals surface area (Å²) < 4.78 is 39.5. The van der Waals surface area contributed by atoms with Gasteiger partial charge in [0.05, 0.1) is 12.6 Å². The molecule has 2 atom stereocenters. The maximum absolute atomic E-state index is 14.0. The first-order chi connectivity index (χ1) is 12.8. The third kappa shape index (κ3) is 4.46. The van der Waals surface area contributed by atoms with Crippen molar-refractivity contribution in [1.29, 1.82) is 0 Å². The molecule has 0 bridgehead atoms. The van der Waals surface area contributed by atoms with Crippen LogP contribution in [0.1, 0.15) is 45.2 Å². The monoisotopic (exact) mass is 373 g/mol. The van der Waals surface area contributed by atoms with Crippen molar-refractivity contribution in [3.8, 4) is 5.75 Å². The lowest BCUT2D eigenvalue weighted by Crippen LogP contribution is -2.34. The van der Waals surface area contributed by atoms with Crippen LogP contribution in [-0.4, -0.2) is 24.7 Å². The molecule has 0 aromatic heterocycles. The molecule has 0 saturated heterocycles. The minimum atomic E-state index is -0.680. The Morgan fingerprint density at radius 3 is 2.30 bits per heavy atom. The van der Waals surface area contributed by atoms with Crippen LogP contribution in [0.4, 0.5) is 8.78 Å². The summed E-state index contributed by atoms with van der Waals surface area (Å²) in [6, 6.07) is 11.5. The van der Waals surface area contributed by atoms with Gasteiger partial charge in [0.1, 0.15) is 29.1 Å². The van der Waals surface area contributed by atoms with Gasteiger partial charge in [-0.15, -0.1) is 0 Å². The Kier molecular flexibility index (Phi) is 5.49. The lowest BCUT2D eigenvalue weighted by molar-refractivity contribution is 0.153. The van der Waals surface area contributed by atoms with Crippen LogP contribution >= 0.6 is 0 Å². The largest absolute Gasteiger partial charge is 0.488 e. The number of hydrogen-bond donors (Lipinski definition) is 0. The molecular formula is C22H25F2NO2. The Hall–Kier alpha value is -2.43. The third-order valence-electron chi connectivity index (χ3n) is 4.70. The maximum Gasteiger partial charge on any atom is 0.222 e. The molecule has 2 aromatic rings. The lowest BCUT2D eigenvalue weighted by Gasteiger charge is -2.27. The van der Waals surface area contributed by atoms with Crippen LogP contribution < -0.4 is 4.74 Å². The summed E-state index contributed by atoms with van der Waals surface area (Å²) in [5.74, 6) is -0.613. The highest BCUT2D eigenvalue weighted by atomic mass is 19.1. The number of rotatable bonds is 4. The van der Waals surface area contributed by atoms with Crippen molar-refractivity contribution in [2.75, 3.05) is 6.61 Å². The van der Waals surface area contributed by atoms with Gasteiger partial charge in [-0.25, -0.2) is 13.8 Å². The van der Waals surface area contributed by atoms with Crippen molar-refractivity contribution in [2.24, 2.45) is 4.99 Å². The molecule has 0 radical (unpaired) electrons. The van der Waals surface area contributed by atoms with Crippen molar-refractivity contribution in [3.63, 3.8) is 0 Å². The van der Waals surface area contributed by atoms with E-state index >= 15 is 0 Å². The standard InChI is InChI=1S/C22H25F2NO2/c1-14(27-16-10-8-15(9-11-16)22(2,3)4)19-12-13-26-21(25-19)20-17(23)6-5-7-18(20)24/h5-11,14,19H,12-13H2,1-4H3. The zero-order chi connectivity index (χ0) is 19.6. The van der Waals surface area contributed by atoms with E-state index in [1.165, 1.54) is 23.8 Å². The van der Waals surface area contributed by atoms with Gasteiger partial charge in [0.15, 0.2) is 0 Å². The zero-order valence-electron chi connectivity index (χ0n) is 16.1. The Morgan fingerprint density at radius 1 is 1.07 bits per heavy atom. The Labute approximate surface area is 159 Å². The van der Waals surface area contributed by atoms with Gasteiger partial charge in [0, 0.05) is 6.42 Å². The smallest absolute Gasteiger partial charge is 0.222 e. The van der Waals surface area contributed by atoms with E-state index in [1.54, 1.807) is 0 Å². The van der Waals surface area contributed by atoms with E-state index in [1.807, 2.05) is 19.1 Å². The number of ether oxygens (including phenoxy) is 2. The molecule has 1 aliphatic rings. The predicted octanol–water partition coefficient (Wildman–Crippen LogP) is 5.27. The van der Waals surface area contributed by atoms with Crippen LogP contribution in [0.15, 0.2) is 47.5 Å². The van der Waals surface area contributed by atoms with Crippen LogP contribution in [0.2, 0.25) is 0 Å². The summed E-state index contributed by atoms with van der Waals surface area (Å²) in [6.07, 6.45) is 0.375. The van der Waals surface area contributed by atoms with Crippen LogP contribution in [-0.2, 0) is 10.2 Å².